The molecule has 0 aromatic heterocycles. The topological polar surface area (TPSA) is 92.4 Å². The van der Waals surface area contributed by atoms with Gasteiger partial charge in [0, 0.05) is 12.6 Å². The van der Waals surface area contributed by atoms with E-state index in [1.807, 2.05) is 0 Å². The van der Waals surface area contributed by atoms with Crippen LogP contribution in [0.3, 0.4) is 0 Å². The van der Waals surface area contributed by atoms with Gasteiger partial charge in [0.15, 0.2) is 0 Å². The molecule has 1 rings (SSSR count). The molecule has 0 aliphatic carbocycles. The Morgan fingerprint density at radius 1 is 1.44 bits per heavy atom. The highest BCUT2D eigenvalue weighted by Gasteiger charge is 2.23. The van der Waals surface area contributed by atoms with E-state index in [1.165, 1.54) is 6.07 Å². The normalized spacial score (nSPS) is 15.3. The molecule has 102 valence electrons. The van der Waals surface area contributed by atoms with Crippen LogP contribution in [0.5, 0.6) is 0 Å². The van der Waals surface area contributed by atoms with Crippen molar-refractivity contribution in [3.63, 3.8) is 0 Å². The van der Waals surface area contributed by atoms with Crippen molar-refractivity contribution in [1.82, 2.24) is 4.72 Å². The lowest BCUT2D eigenvalue weighted by molar-refractivity contribution is 0.216. The number of benzene rings is 1. The van der Waals surface area contributed by atoms with Gasteiger partial charge in [-0.1, -0.05) is 6.92 Å². The number of nitrogens with two attached hydrogens (primary N) is 1. The van der Waals surface area contributed by atoms with Gasteiger partial charge in [-0.3, -0.25) is 0 Å². The molecular formula is C11H17FN2O3S. The molecule has 0 spiro atoms. The molecule has 2 atom stereocenters. The Hall–Kier alpha value is -1.18. The molecule has 18 heavy (non-hydrogen) atoms. The van der Waals surface area contributed by atoms with Crippen LogP contribution in [-0.2, 0) is 10.0 Å². The fourth-order valence-electron chi connectivity index (χ4n) is 1.32. The summed E-state index contributed by atoms with van der Waals surface area (Å²) >= 11 is 0. The first-order chi connectivity index (χ1) is 8.27. The quantitative estimate of drug-likeness (QED) is 0.690. The van der Waals surface area contributed by atoms with Crippen molar-refractivity contribution in [3.8, 4) is 0 Å². The highest BCUT2D eigenvalue weighted by Crippen LogP contribution is 2.20. The van der Waals surface area contributed by atoms with Gasteiger partial charge in [-0.25, -0.2) is 17.5 Å². The van der Waals surface area contributed by atoms with Gasteiger partial charge in [0.2, 0.25) is 10.0 Å². The molecule has 7 heteroatoms. The molecule has 0 bridgehead atoms. The predicted octanol–water partition coefficient (Wildman–Crippen LogP) is 0.703. The van der Waals surface area contributed by atoms with E-state index in [0.717, 1.165) is 12.1 Å². The second-order valence-corrected chi connectivity index (χ2v) is 5.93. The van der Waals surface area contributed by atoms with E-state index in [1.54, 1.807) is 13.8 Å². The number of aliphatic hydroxyl groups excluding tert-OH is 1. The summed E-state index contributed by atoms with van der Waals surface area (Å²) in [4.78, 5) is -0.292. The second-order valence-electron chi connectivity index (χ2n) is 4.25. The highest BCUT2D eigenvalue weighted by molar-refractivity contribution is 7.89. The van der Waals surface area contributed by atoms with Gasteiger partial charge < -0.3 is 10.8 Å². The van der Waals surface area contributed by atoms with E-state index in [2.05, 4.69) is 4.72 Å². The number of halogens is 1. The monoisotopic (exact) mass is 276 g/mol. The van der Waals surface area contributed by atoms with Crippen LogP contribution in [0.25, 0.3) is 0 Å². The van der Waals surface area contributed by atoms with Gasteiger partial charge >= 0.3 is 0 Å². The molecule has 0 amide bonds. The van der Waals surface area contributed by atoms with Crippen LogP contribution in [0.1, 0.15) is 13.8 Å². The highest BCUT2D eigenvalue weighted by atomic mass is 32.2. The van der Waals surface area contributed by atoms with Crippen molar-refractivity contribution >= 4 is 15.7 Å². The molecule has 1 aromatic rings. The Balaban J connectivity index is 3.03. The standard InChI is InChI=1S/C11H17FN2O3S/c1-7(6-15)8(2)14-18(16,17)11-5-9(12)3-4-10(11)13/h3-5,7-8,14-15H,6,13H2,1-2H3. The van der Waals surface area contributed by atoms with Crippen LogP contribution in [0, 0.1) is 11.7 Å². The lowest BCUT2D eigenvalue weighted by Gasteiger charge is -2.19. The minimum atomic E-state index is -3.89. The zero-order valence-corrected chi connectivity index (χ0v) is 11.0. The number of sulfonamides is 1. The van der Waals surface area contributed by atoms with Crippen LogP contribution >= 0.6 is 0 Å². The van der Waals surface area contributed by atoms with E-state index in [0.29, 0.717) is 0 Å². The lowest BCUT2D eigenvalue weighted by atomic mass is 10.1. The minimum absolute atomic E-state index is 0.0206. The van der Waals surface area contributed by atoms with E-state index in [-0.39, 0.29) is 23.1 Å². The number of rotatable bonds is 5. The van der Waals surface area contributed by atoms with Crippen LogP contribution < -0.4 is 10.5 Å². The number of anilines is 1. The average molecular weight is 276 g/mol. The molecular weight excluding hydrogens is 259 g/mol. The number of hydrogen-bond acceptors (Lipinski definition) is 4. The number of nitrogens with one attached hydrogen (secondary N) is 1. The van der Waals surface area contributed by atoms with Gasteiger partial charge in [-0.2, -0.15) is 0 Å². The summed E-state index contributed by atoms with van der Waals surface area (Å²) in [6, 6.07) is 2.68. The van der Waals surface area contributed by atoms with E-state index in [4.69, 9.17) is 10.8 Å². The van der Waals surface area contributed by atoms with Crippen molar-refractivity contribution in [3.05, 3.63) is 24.0 Å². The maximum absolute atomic E-state index is 13.1. The van der Waals surface area contributed by atoms with Crippen molar-refractivity contribution < 1.29 is 17.9 Å². The molecule has 2 unspecified atom stereocenters. The van der Waals surface area contributed by atoms with Crippen molar-refractivity contribution in [2.24, 2.45) is 5.92 Å². The first kappa shape index (κ1) is 14.9. The molecule has 5 nitrogen and oxygen atoms in total. The number of nitrogen functional groups attached to an aromatic ring is 1. The Kier molecular flexibility index (Phi) is 4.66. The van der Waals surface area contributed by atoms with Gasteiger partial charge in [0.25, 0.3) is 0 Å². The van der Waals surface area contributed by atoms with Gasteiger partial charge in [0.05, 0.1) is 5.69 Å². The molecule has 0 radical (unpaired) electrons. The minimum Gasteiger partial charge on any atom is -0.398 e. The first-order valence-electron chi connectivity index (χ1n) is 5.46. The lowest BCUT2D eigenvalue weighted by Crippen LogP contribution is -2.38. The van der Waals surface area contributed by atoms with Gasteiger partial charge in [0.1, 0.15) is 10.7 Å². The third-order valence-corrected chi connectivity index (χ3v) is 4.36. The molecule has 1 aromatic carbocycles. The summed E-state index contributed by atoms with van der Waals surface area (Å²) in [5, 5.41) is 8.95. The third-order valence-electron chi connectivity index (χ3n) is 2.75. The van der Waals surface area contributed by atoms with E-state index in [9.17, 15) is 12.8 Å². The molecule has 0 saturated carbocycles. The summed E-state index contributed by atoms with van der Waals surface area (Å²) in [6.07, 6.45) is 0. The van der Waals surface area contributed by atoms with E-state index < -0.39 is 21.9 Å². The third kappa shape index (κ3) is 3.41. The van der Waals surface area contributed by atoms with Gasteiger partial charge in [-0.15, -0.1) is 0 Å². The van der Waals surface area contributed by atoms with Crippen molar-refractivity contribution in [1.29, 1.82) is 0 Å². The smallest absolute Gasteiger partial charge is 0.242 e. The number of hydrogen-bond donors (Lipinski definition) is 3. The Bertz CT molecular complexity index is 519. The Labute approximate surface area is 106 Å². The Morgan fingerprint density at radius 3 is 2.61 bits per heavy atom. The summed E-state index contributed by atoms with van der Waals surface area (Å²) < 4.78 is 39.4. The fourth-order valence-corrected chi connectivity index (χ4v) is 2.82. The first-order valence-corrected chi connectivity index (χ1v) is 6.94. The fraction of sp³-hybridized carbons (Fsp3) is 0.455. The van der Waals surface area contributed by atoms with Crippen molar-refractivity contribution in [2.45, 2.75) is 24.8 Å². The summed E-state index contributed by atoms with van der Waals surface area (Å²) in [5.41, 5.74) is 5.50. The van der Waals surface area contributed by atoms with Crippen LogP contribution in [0.4, 0.5) is 10.1 Å². The summed E-state index contributed by atoms with van der Waals surface area (Å²) in [6.45, 7) is 3.17. The zero-order chi connectivity index (χ0) is 13.9. The molecule has 0 aliphatic heterocycles. The Morgan fingerprint density at radius 2 is 2.06 bits per heavy atom. The van der Waals surface area contributed by atoms with Crippen LogP contribution in [-0.4, -0.2) is 26.2 Å². The SMILES string of the molecule is CC(CO)C(C)NS(=O)(=O)c1cc(F)ccc1N. The molecule has 0 fully saturated rings. The molecule has 0 heterocycles. The molecule has 0 saturated heterocycles. The summed E-state index contributed by atoms with van der Waals surface area (Å²) in [5.74, 6) is -0.929. The molecule has 4 N–H and O–H groups in total. The summed E-state index contributed by atoms with van der Waals surface area (Å²) in [7, 11) is -3.89. The van der Waals surface area contributed by atoms with Crippen LogP contribution in [0.2, 0.25) is 0 Å². The number of aliphatic hydroxyl groups is 1. The average Bonchev–Trinajstić information content (AvgIpc) is 2.30. The van der Waals surface area contributed by atoms with Crippen LogP contribution in [0.15, 0.2) is 23.1 Å². The van der Waals surface area contributed by atoms with E-state index >= 15 is 0 Å². The largest absolute Gasteiger partial charge is 0.398 e. The maximum Gasteiger partial charge on any atom is 0.242 e. The predicted molar refractivity (Wildman–Crippen MR) is 66.8 cm³/mol. The maximum atomic E-state index is 13.1. The zero-order valence-electron chi connectivity index (χ0n) is 10.2. The van der Waals surface area contributed by atoms with Gasteiger partial charge in [-0.05, 0) is 31.0 Å². The molecule has 0 aliphatic rings. The van der Waals surface area contributed by atoms with Crippen molar-refractivity contribution in [2.75, 3.05) is 12.3 Å². The second kappa shape index (κ2) is 5.64.